The Balaban J connectivity index is 2.31. The van der Waals surface area contributed by atoms with E-state index in [1.165, 1.54) is 6.42 Å². The van der Waals surface area contributed by atoms with Gasteiger partial charge in [-0.3, -0.25) is 0 Å². The Bertz CT molecular complexity index is 410. The zero-order valence-electron chi connectivity index (χ0n) is 9.17. The quantitative estimate of drug-likeness (QED) is 0.865. The Kier molecular flexibility index (Phi) is 4.36. The number of pyridine rings is 1. The van der Waals surface area contributed by atoms with Crippen molar-refractivity contribution in [2.24, 2.45) is 0 Å². The van der Waals surface area contributed by atoms with Crippen LogP contribution >= 0.6 is 34.8 Å². The van der Waals surface area contributed by atoms with Gasteiger partial charge in [0.1, 0.15) is 11.0 Å². The highest BCUT2D eigenvalue weighted by atomic mass is 35.5. The molecule has 0 amide bonds. The van der Waals surface area contributed by atoms with E-state index in [-0.39, 0.29) is 11.8 Å². The average molecular weight is 296 g/mol. The number of anilines is 1. The minimum atomic E-state index is 0.0642. The fourth-order valence-electron chi connectivity index (χ4n) is 1.90. The van der Waals surface area contributed by atoms with Gasteiger partial charge in [-0.1, -0.05) is 34.8 Å². The molecule has 1 aliphatic carbocycles. The lowest BCUT2D eigenvalue weighted by Gasteiger charge is -2.38. The number of hydrogen-bond donors (Lipinski definition) is 1. The second kappa shape index (κ2) is 5.61. The molecule has 0 aliphatic heterocycles. The first kappa shape index (κ1) is 13.2. The van der Waals surface area contributed by atoms with E-state index in [0.717, 1.165) is 12.8 Å². The summed E-state index contributed by atoms with van der Waals surface area (Å²) >= 11 is 17.9. The molecule has 1 aliphatic rings. The van der Waals surface area contributed by atoms with Crippen LogP contribution in [0.5, 0.6) is 0 Å². The summed E-state index contributed by atoms with van der Waals surface area (Å²) in [5.41, 5.74) is 0. The third-order valence-electron chi connectivity index (χ3n) is 3.00. The van der Waals surface area contributed by atoms with Gasteiger partial charge in [-0.25, -0.2) is 4.98 Å². The lowest BCUT2D eigenvalue weighted by Crippen LogP contribution is -2.42. The van der Waals surface area contributed by atoms with Gasteiger partial charge in [0.2, 0.25) is 0 Å². The molecule has 0 saturated heterocycles. The van der Waals surface area contributed by atoms with Crippen molar-refractivity contribution in [3.05, 3.63) is 21.3 Å². The third kappa shape index (κ3) is 2.79. The van der Waals surface area contributed by atoms with Gasteiger partial charge in [0.15, 0.2) is 0 Å². The summed E-state index contributed by atoms with van der Waals surface area (Å²) in [5.74, 6) is 0.611. The van der Waals surface area contributed by atoms with E-state index < -0.39 is 0 Å². The third-order valence-corrected chi connectivity index (χ3v) is 3.95. The van der Waals surface area contributed by atoms with Crippen molar-refractivity contribution < 1.29 is 5.11 Å². The Labute approximate surface area is 115 Å². The fraction of sp³-hybridized carbons (Fsp3) is 0.545. The van der Waals surface area contributed by atoms with Crippen molar-refractivity contribution in [1.29, 1.82) is 0 Å². The molecule has 1 heterocycles. The summed E-state index contributed by atoms with van der Waals surface area (Å²) < 4.78 is 0. The summed E-state index contributed by atoms with van der Waals surface area (Å²) in [6.45, 7) is 0.574. The van der Waals surface area contributed by atoms with Crippen LogP contribution in [0, 0.1) is 0 Å². The van der Waals surface area contributed by atoms with Gasteiger partial charge in [-0.15, -0.1) is 0 Å². The molecule has 1 fully saturated rings. The van der Waals surface area contributed by atoms with Gasteiger partial charge < -0.3 is 10.0 Å². The Morgan fingerprint density at radius 3 is 2.53 bits per heavy atom. The normalized spacial score (nSPS) is 15.8. The second-order valence-corrected chi connectivity index (χ2v) is 5.24. The molecule has 0 radical (unpaired) electrons. The smallest absolute Gasteiger partial charge is 0.150 e. The molecule has 1 saturated carbocycles. The van der Waals surface area contributed by atoms with Crippen molar-refractivity contribution in [2.45, 2.75) is 25.3 Å². The maximum absolute atomic E-state index is 9.11. The number of nitrogens with zero attached hydrogens (tertiary/aromatic N) is 2. The molecule has 94 valence electrons. The Hall–Kier alpha value is -0.220. The monoisotopic (exact) mass is 294 g/mol. The zero-order chi connectivity index (χ0) is 12.4. The van der Waals surface area contributed by atoms with Gasteiger partial charge >= 0.3 is 0 Å². The predicted octanol–water partition coefficient (Wildman–Crippen LogP) is 3.39. The van der Waals surface area contributed by atoms with Crippen molar-refractivity contribution in [3.63, 3.8) is 0 Å². The number of hydrogen-bond acceptors (Lipinski definition) is 3. The predicted molar refractivity (Wildman–Crippen MR) is 71.3 cm³/mol. The largest absolute Gasteiger partial charge is 0.395 e. The zero-order valence-corrected chi connectivity index (χ0v) is 11.4. The Morgan fingerprint density at radius 2 is 2.00 bits per heavy atom. The maximum atomic E-state index is 9.11. The standard InChI is InChI=1S/C11H13Cl3N2O/c12-8-6-9(13)11(15-10(8)14)16(4-5-17)7-2-1-3-7/h6-7,17H,1-5H2. The highest BCUT2D eigenvalue weighted by Crippen LogP contribution is 2.35. The van der Waals surface area contributed by atoms with E-state index in [0.29, 0.717) is 28.4 Å². The first-order valence-corrected chi connectivity index (χ1v) is 6.66. The average Bonchev–Trinajstić information content (AvgIpc) is 2.20. The first-order chi connectivity index (χ1) is 8.13. The summed E-state index contributed by atoms with van der Waals surface area (Å²) in [7, 11) is 0. The van der Waals surface area contributed by atoms with Gasteiger partial charge in [-0.2, -0.15) is 0 Å². The molecule has 0 aromatic carbocycles. The minimum absolute atomic E-state index is 0.0642. The molecule has 17 heavy (non-hydrogen) atoms. The number of aliphatic hydroxyl groups excluding tert-OH is 1. The van der Waals surface area contributed by atoms with Gasteiger partial charge in [0.05, 0.1) is 16.7 Å². The van der Waals surface area contributed by atoms with E-state index in [4.69, 9.17) is 39.9 Å². The molecule has 1 aromatic rings. The van der Waals surface area contributed by atoms with Crippen LogP contribution in [0.1, 0.15) is 19.3 Å². The van der Waals surface area contributed by atoms with Gasteiger partial charge in [0, 0.05) is 12.6 Å². The molecule has 1 aromatic heterocycles. The van der Waals surface area contributed by atoms with E-state index in [1.54, 1.807) is 6.07 Å². The van der Waals surface area contributed by atoms with E-state index in [1.807, 2.05) is 4.90 Å². The highest BCUT2D eigenvalue weighted by Gasteiger charge is 2.27. The number of aromatic nitrogens is 1. The number of halogens is 3. The summed E-state index contributed by atoms with van der Waals surface area (Å²) in [5, 5.41) is 10.2. The van der Waals surface area contributed by atoms with Crippen LogP contribution in [0.4, 0.5) is 5.82 Å². The van der Waals surface area contributed by atoms with E-state index in [2.05, 4.69) is 4.98 Å². The van der Waals surface area contributed by atoms with Crippen LogP contribution in [0.15, 0.2) is 6.07 Å². The molecule has 0 spiro atoms. The minimum Gasteiger partial charge on any atom is -0.395 e. The molecule has 0 unspecified atom stereocenters. The lowest BCUT2D eigenvalue weighted by atomic mass is 9.91. The summed E-state index contributed by atoms with van der Waals surface area (Å²) in [6, 6.07) is 1.99. The van der Waals surface area contributed by atoms with Crippen molar-refractivity contribution in [1.82, 2.24) is 4.98 Å². The van der Waals surface area contributed by atoms with E-state index in [9.17, 15) is 0 Å². The number of rotatable bonds is 4. The molecule has 3 nitrogen and oxygen atoms in total. The first-order valence-electron chi connectivity index (χ1n) is 5.52. The second-order valence-electron chi connectivity index (χ2n) is 4.07. The summed E-state index contributed by atoms with van der Waals surface area (Å²) in [4.78, 5) is 6.22. The van der Waals surface area contributed by atoms with E-state index >= 15 is 0 Å². The number of aliphatic hydroxyl groups is 1. The van der Waals surface area contributed by atoms with Crippen molar-refractivity contribution >= 4 is 40.6 Å². The molecule has 0 bridgehead atoms. The van der Waals surface area contributed by atoms with Crippen LogP contribution in [0.2, 0.25) is 15.2 Å². The van der Waals surface area contributed by atoms with Crippen LogP contribution in [0.3, 0.4) is 0 Å². The lowest BCUT2D eigenvalue weighted by molar-refractivity contribution is 0.283. The summed E-state index contributed by atoms with van der Waals surface area (Å²) in [6.07, 6.45) is 3.39. The SMILES string of the molecule is OCCN(c1nc(Cl)c(Cl)cc1Cl)C1CCC1. The van der Waals surface area contributed by atoms with Gasteiger partial charge in [0.25, 0.3) is 0 Å². The van der Waals surface area contributed by atoms with Crippen LogP contribution in [-0.2, 0) is 0 Å². The molecular weight excluding hydrogens is 282 g/mol. The van der Waals surface area contributed by atoms with Gasteiger partial charge in [-0.05, 0) is 25.3 Å². The molecule has 6 heteroatoms. The molecule has 0 atom stereocenters. The van der Waals surface area contributed by atoms with Crippen LogP contribution in [0.25, 0.3) is 0 Å². The van der Waals surface area contributed by atoms with Crippen LogP contribution in [-0.4, -0.2) is 29.3 Å². The topological polar surface area (TPSA) is 36.4 Å². The van der Waals surface area contributed by atoms with Crippen molar-refractivity contribution in [2.75, 3.05) is 18.1 Å². The Morgan fingerprint density at radius 1 is 1.29 bits per heavy atom. The molecular formula is C11H13Cl3N2O. The fourth-order valence-corrected chi connectivity index (χ4v) is 2.51. The molecule has 1 N–H and O–H groups in total. The van der Waals surface area contributed by atoms with Crippen molar-refractivity contribution in [3.8, 4) is 0 Å². The van der Waals surface area contributed by atoms with Crippen LogP contribution < -0.4 is 4.90 Å². The highest BCUT2D eigenvalue weighted by molar-refractivity contribution is 6.42. The molecule has 2 rings (SSSR count). The maximum Gasteiger partial charge on any atom is 0.150 e.